The Morgan fingerprint density at radius 1 is 1.19 bits per heavy atom. The Labute approximate surface area is 135 Å². The molecule has 21 heavy (non-hydrogen) atoms. The van der Waals surface area contributed by atoms with Gasteiger partial charge in [0.1, 0.15) is 0 Å². The Hall–Kier alpha value is -0.430. The number of fused-ring (bicyclic) bond motifs is 1. The largest absolute Gasteiger partial charge is 0.303 e. The minimum atomic E-state index is -3.39. The summed E-state index contributed by atoms with van der Waals surface area (Å²) in [6.45, 7) is 2.41. The second kappa shape index (κ2) is 5.99. The van der Waals surface area contributed by atoms with E-state index in [0.29, 0.717) is 34.4 Å². The van der Waals surface area contributed by atoms with Crippen molar-refractivity contribution in [3.8, 4) is 0 Å². The second-order valence-corrected chi connectivity index (χ2v) is 8.79. The first-order valence-electron chi connectivity index (χ1n) is 7.45. The van der Waals surface area contributed by atoms with Gasteiger partial charge >= 0.3 is 0 Å². The topological polar surface area (TPSA) is 40.6 Å². The zero-order valence-electron chi connectivity index (χ0n) is 12.2. The summed E-state index contributed by atoms with van der Waals surface area (Å²) >= 11 is 3.36. The Bertz CT molecular complexity index is 620. The van der Waals surface area contributed by atoms with Crippen LogP contribution in [0.3, 0.4) is 0 Å². The van der Waals surface area contributed by atoms with Gasteiger partial charge in [0.15, 0.2) is 0 Å². The van der Waals surface area contributed by atoms with Crippen LogP contribution in [0.25, 0.3) is 0 Å². The van der Waals surface area contributed by atoms with Gasteiger partial charge in [-0.05, 0) is 66.8 Å². The SMILES string of the molecule is CN1CCCC2CN(S(=O)(=O)c3ccccc3Br)CCC21. The zero-order chi connectivity index (χ0) is 15.0. The number of nitrogens with zero attached hydrogens (tertiary/aromatic N) is 2. The fourth-order valence-electron chi connectivity index (χ4n) is 3.63. The van der Waals surface area contributed by atoms with Gasteiger partial charge in [-0.25, -0.2) is 8.42 Å². The van der Waals surface area contributed by atoms with E-state index in [1.807, 2.05) is 6.07 Å². The summed E-state index contributed by atoms with van der Waals surface area (Å²) in [7, 11) is -1.23. The molecule has 0 amide bonds. The monoisotopic (exact) mass is 372 g/mol. The predicted octanol–water partition coefficient (Wildman–Crippen LogP) is 2.55. The van der Waals surface area contributed by atoms with Crippen molar-refractivity contribution in [1.29, 1.82) is 0 Å². The Morgan fingerprint density at radius 3 is 2.71 bits per heavy atom. The fourth-order valence-corrected chi connectivity index (χ4v) is 6.11. The van der Waals surface area contributed by atoms with Crippen LogP contribution in [0.5, 0.6) is 0 Å². The van der Waals surface area contributed by atoms with Crippen molar-refractivity contribution >= 4 is 26.0 Å². The third-order valence-corrected chi connectivity index (χ3v) is 7.64. The van der Waals surface area contributed by atoms with Gasteiger partial charge in [0.2, 0.25) is 10.0 Å². The number of hydrogen-bond acceptors (Lipinski definition) is 3. The molecule has 0 radical (unpaired) electrons. The standard InChI is InChI=1S/C15H21BrN2O2S/c1-17-9-4-5-12-11-18(10-8-14(12)17)21(19,20)15-7-3-2-6-13(15)16/h2-3,6-7,12,14H,4-5,8-11H2,1H3. The molecule has 0 N–H and O–H groups in total. The molecule has 2 fully saturated rings. The second-order valence-electron chi connectivity index (χ2n) is 6.03. The van der Waals surface area contributed by atoms with E-state index in [1.54, 1.807) is 22.5 Å². The summed E-state index contributed by atoms with van der Waals surface area (Å²) in [6, 6.07) is 7.63. The van der Waals surface area contributed by atoms with Crippen LogP contribution in [-0.4, -0.2) is 50.3 Å². The van der Waals surface area contributed by atoms with Crippen molar-refractivity contribution in [3.05, 3.63) is 28.7 Å². The van der Waals surface area contributed by atoms with Crippen molar-refractivity contribution in [2.45, 2.75) is 30.2 Å². The molecule has 1 aromatic rings. The van der Waals surface area contributed by atoms with Crippen LogP contribution in [0.4, 0.5) is 0 Å². The van der Waals surface area contributed by atoms with Crippen molar-refractivity contribution in [2.75, 3.05) is 26.7 Å². The van der Waals surface area contributed by atoms with Gasteiger partial charge in [-0.15, -0.1) is 0 Å². The summed E-state index contributed by atoms with van der Waals surface area (Å²) in [5.74, 6) is 0.467. The molecule has 2 saturated heterocycles. The number of sulfonamides is 1. The molecule has 2 aliphatic rings. The Kier molecular flexibility index (Phi) is 4.41. The van der Waals surface area contributed by atoms with E-state index < -0.39 is 10.0 Å². The fraction of sp³-hybridized carbons (Fsp3) is 0.600. The van der Waals surface area contributed by atoms with Gasteiger partial charge < -0.3 is 4.90 Å². The van der Waals surface area contributed by atoms with Crippen LogP contribution in [-0.2, 0) is 10.0 Å². The third-order valence-electron chi connectivity index (χ3n) is 4.76. The summed E-state index contributed by atoms with van der Waals surface area (Å²) in [6.07, 6.45) is 3.24. The van der Waals surface area contributed by atoms with Crippen molar-refractivity contribution in [3.63, 3.8) is 0 Å². The average molecular weight is 373 g/mol. The minimum absolute atomic E-state index is 0.382. The van der Waals surface area contributed by atoms with Gasteiger partial charge in [0.25, 0.3) is 0 Å². The Balaban J connectivity index is 1.83. The van der Waals surface area contributed by atoms with Gasteiger partial charge in [-0.1, -0.05) is 12.1 Å². The zero-order valence-corrected chi connectivity index (χ0v) is 14.6. The molecule has 2 heterocycles. The van der Waals surface area contributed by atoms with E-state index in [9.17, 15) is 8.42 Å². The quantitative estimate of drug-likeness (QED) is 0.800. The van der Waals surface area contributed by atoms with E-state index in [0.717, 1.165) is 19.4 Å². The molecule has 2 atom stereocenters. The molecule has 0 aromatic heterocycles. The number of rotatable bonds is 2. The van der Waals surface area contributed by atoms with E-state index >= 15 is 0 Å². The first-order valence-corrected chi connectivity index (χ1v) is 9.68. The summed E-state index contributed by atoms with van der Waals surface area (Å²) in [5, 5.41) is 0. The maximum absolute atomic E-state index is 12.8. The third kappa shape index (κ3) is 2.91. The molecular formula is C15H21BrN2O2S. The molecule has 1 aromatic carbocycles. The highest BCUT2D eigenvalue weighted by Crippen LogP contribution is 2.33. The molecule has 2 aliphatic heterocycles. The predicted molar refractivity (Wildman–Crippen MR) is 86.7 cm³/mol. The van der Waals surface area contributed by atoms with Crippen molar-refractivity contribution in [1.82, 2.24) is 9.21 Å². The molecule has 3 rings (SSSR count). The lowest BCUT2D eigenvalue weighted by Gasteiger charge is -2.45. The van der Waals surface area contributed by atoms with Crippen molar-refractivity contribution in [2.24, 2.45) is 5.92 Å². The molecule has 0 aliphatic carbocycles. The number of hydrogen-bond donors (Lipinski definition) is 0. The molecular weight excluding hydrogens is 352 g/mol. The molecule has 0 spiro atoms. The lowest BCUT2D eigenvalue weighted by atomic mass is 9.85. The highest BCUT2D eigenvalue weighted by Gasteiger charge is 2.38. The molecule has 4 nitrogen and oxygen atoms in total. The molecule has 6 heteroatoms. The summed E-state index contributed by atoms with van der Waals surface area (Å²) < 4.78 is 28.0. The van der Waals surface area contributed by atoms with Gasteiger partial charge in [-0.2, -0.15) is 4.31 Å². The lowest BCUT2D eigenvalue weighted by molar-refractivity contribution is 0.0671. The molecule has 2 unspecified atom stereocenters. The van der Waals surface area contributed by atoms with E-state index in [2.05, 4.69) is 27.9 Å². The number of piperidine rings is 2. The first kappa shape index (κ1) is 15.5. The van der Waals surface area contributed by atoms with Crippen LogP contribution in [0.1, 0.15) is 19.3 Å². The van der Waals surface area contributed by atoms with Crippen LogP contribution in [0.15, 0.2) is 33.6 Å². The number of likely N-dealkylation sites (tertiary alicyclic amines) is 1. The number of benzene rings is 1. The maximum Gasteiger partial charge on any atom is 0.244 e. The Morgan fingerprint density at radius 2 is 1.95 bits per heavy atom. The highest BCUT2D eigenvalue weighted by atomic mass is 79.9. The van der Waals surface area contributed by atoms with Crippen LogP contribution >= 0.6 is 15.9 Å². The van der Waals surface area contributed by atoms with Crippen LogP contribution in [0.2, 0.25) is 0 Å². The maximum atomic E-state index is 12.8. The van der Waals surface area contributed by atoms with Gasteiger partial charge in [-0.3, -0.25) is 0 Å². The normalized spacial score (nSPS) is 28.3. The molecule has 116 valence electrons. The van der Waals surface area contributed by atoms with Crippen LogP contribution in [0, 0.1) is 5.92 Å². The first-order chi connectivity index (χ1) is 10.00. The smallest absolute Gasteiger partial charge is 0.244 e. The average Bonchev–Trinajstić information content (AvgIpc) is 2.47. The lowest BCUT2D eigenvalue weighted by Crippen LogP contribution is -2.53. The van der Waals surface area contributed by atoms with E-state index in [-0.39, 0.29) is 0 Å². The van der Waals surface area contributed by atoms with E-state index in [1.165, 1.54) is 6.42 Å². The van der Waals surface area contributed by atoms with Crippen molar-refractivity contribution < 1.29 is 8.42 Å². The molecule has 0 bridgehead atoms. The minimum Gasteiger partial charge on any atom is -0.303 e. The molecule has 0 saturated carbocycles. The summed E-state index contributed by atoms with van der Waals surface area (Å²) in [5.41, 5.74) is 0. The number of halogens is 1. The van der Waals surface area contributed by atoms with Crippen LogP contribution < -0.4 is 0 Å². The van der Waals surface area contributed by atoms with Gasteiger partial charge in [0.05, 0.1) is 4.90 Å². The van der Waals surface area contributed by atoms with Gasteiger partial charge in [0, 0.05) is 23.6 Å². The highest BCUT2D eigenvalue weighted by molar-refractivity contribution is 9.10. The summed E-state index contributed by atoms with van der Waals surface area (Å²) in [4.78, 5) is 2.78. The van der Waals surface area contributed by atoms with E-state index in [4.69, 9.17) is 0 Å².